The molecule has 0 fully saturated rings. The van der Waals surface area contributed by atoms with Gasteiger partial charge in [0.05, 0.1) is 11.5 Å². The standard InChI is InChI=1S/C11H12N4O3S2/c1-7-4-8(15-18-7)13-9(16)5-19-6-10(17)14-11-12-2-3-20-11/h2-4H,5-6H2,1H3,(H,12,14,17)(H,13,15,16). The highest BCUT2D eigenvalue weighted by molar-refractivity contribution is 8.00. The molecule has 2 heterocycles. The minimum atomic E-state index is -0.231. The van der Waals surface area contributed by atoms with Crippen molar-refractivity contribution in [1.82, 2.24) is 10.1 Å². The van der Waals surface area contributed by atoms with Crippen LogP contribution in [0.4, 0.5) is 10.9 Å². The third-order valence-electron chi connectivity index (χ3n) is 2.04. The van der Waals surface area contributed by atoms with Gasteiger partial charge in [-0.2, -0.15) is 0 Å². The molecule has 7 nitrogen and oxygen atoms in total. The predicted octanol–water partition coefficient (Wildman–Crippen LogP) is 1.75. The molecule has 0 saturated carbocycles. The molecule has 0 radical (unpaired) electrons. The smallest absolute Gasteiger partial charge is 0.236 e. The van der Waals surface area contributed by atoms with E-state index in [1.165, 1.54) is 23.1 Å². The Kier molecular flexibility index (Phi) is 5.13. The van der Waals surface area contributed by atoms with Gasteiger partial charge in [0, 0.05) is 17.6 Å². The van der Waals surface area contributed by atoms with Crippen molar-refractivity contribution >= 4 is 45.9 Å². The second kappa shape index (κ2) is 7.06. The van der Waals surface area contributed by atoms with Crippen LogP contribution in [0, 0.1) is 6.92 Å². The molecule has 2 rings (SSSR count). The predicted molar refractivity (Wildman–Crippen MR) is 77.9 cm³/mol. The molecule has 20 heavy (non-hydrogen) atoms. The van der Waals surface area contributed by atoms with E-state index in [0.29, 0.717) is 16.7 Å². The van der Waals surface area contributed by atoms with Crippen molar-refractivity contribution in [3.05, 3.63) is 23.4 Å². The molecule has 2 aromatic rings. The lowest BCUT2D eigenvalue weighted by atomic mass is 10.5. The van der Waals surface area contributed by atoms with Gasteiger partial charge in [-0.15, -0.1) is 23.1 Å². The van der Waals surface area contributed by atoms with Crippen molar-refractivity contribution in [2.45, 2.75) is 6.92 Å². The molecule has 0 aromatic carbocycles. The van der Waals surface area contributed by atoms with Gasteiger partial charge >= 0.3 is 0 Å². The lowest BCUT2D eigenvalue weighted by molar-refractivity contribution is -0.114. The van der Waals surface area contributed by atoms with Crippen molar-refractivity contribution in [2.75, 3.05) is 22.1 Å². The molecule has 0 aliphatic rings. The van der Waals surface area contributed by atoms with Crippen LogP contribution in [-0.2, 0) is 9.59 Å². The lowest BCUT2D eigenvalue weighted by Gasteiger charge is -2.02. The van der Waals surface area contributed by atoms with E-state index < -0.39 is 0 Å². The maximum absolute atomic E-state index is 11.6. The Hall–Kier alpha value is -1.87. The zero-order valence-electron chi connectivity index (χ0n) is 10.6. The maximum atomic E-state index is 11.6. The first-order chi connectivity index (χ1) is 9.63. The van der Waals surface area contributed by atoms with Crippen LogP contribution in [-0.4, -0.2) is 33.5 Å². The van der Waals surface area contributed by atoms with Crippen molar-refractivity contribution in [2.24, 2.45) is 0 Å². The van der Waals surface area contributed by atoms with Crippen LogP contribution < -0.4 is 10.6 Å². The van der Waals surface area contributed by atoms with Gasteiger partial charge < -0.3 is 15.2 Å². The molecule has 0 atom stereocenters. The molecule has 2 amide bonds. The maximum Gasteiger partial charge on any atom is 0.236 e. The summed E-state index contributed by atoms with van der Waals surface area (Å²) in [5.74, 6) is 0.929. The number of aryl methyl sites for hydroxylation is 1. The summed E-state index contributed by atoms with van der Waals surface area (Å²) in [4.78, 5) is 27.0. The van der Waals surface area contributed by atoms with Crippen LogP contribution in [0.25, 0.3) is 0 Å². The van der Waals surface area contributed by atoms with Gasteiger partial charge in [0.25, 0.3) is 0 Å². The van der Waals surface area contributed by atoms with Crippen LogP contribution in [0.1, 0.15) is 5.76 Å². The van der Waals surface area contributed by atoms with E-state index in [9.17, 15) is 9.59 Å². The third-order valence-corrected chi connectivity index (χ3v) is 3.66. The second-order valence-electron chi connectivity index (χ2n) is 3.75. The van der Waals surface area contributed by atoms with Crippen molar-refractivity contribution in [3.63, 3.8) is 0 Å². The van der Waals surface area contributed by atoms with Crippen LogP contribution >= 0.6 is 23.1 Å². The van der Waals surface area contributed by atoms with Crippen LogP contribution in [0.5, 0.6) is 0 Å². The number of aromatic nitrogens is 2. The number of rotatable bonds is 6. The van der Waals surface area contributed by atoms with Crippen molar-refractivity contribution in [1.29, 1.82) is 0 Å². The fourth-order valence-electron chi connectivity index (χ4n) is 1.28. The van der Waals surface area contributed by atoms with Crippen LogP contribution in [0.15, 0.2) is 22.2 Å². The SMILES string of the molecule is Cc1cc(NC(=O)CSCC(=O)Nc2nccs2)no1. The van der Waals surface area contributed by atoms with E-state index in [2.05, 4.69) is 20.8 Å². The van der Waals surface area contributed by atoms with Gasteiger partial charge in [0.1, 0.15) is 5.76 Å². The number of amides is 2. The van der Waals surface area contributed by atoms with Gasteiger partial charge in [-0.1, -0.05) is 5.16 Å². The fraction of sp³-hybridized carbons (Fsp3) is 0.273. The van der Waals surface area contributed by atoms with Crippen LogP contribution in [0.3, 0.4) is 0 Å². The number of nitrogens with one attached hydrogen (secondary N) is 2. The molecule has 0 saturated heterocycles. The average molecular weight is 312 g/mol. The number of carbonyl (C=O) groups is 2. The van der Waals surface area contributed by atoms with E-state index in [1.807, 2.05) is 0 Å². The summed E-state index contributed by atoms with van der Waals surface area (Å²) in [5, 5.41) is 11.2. The van der Waals surface area contributed by atoms with Crippen molar-refractivity contribution in [3.8, 4) is 0 Å². The molecule has 2 aromatic heterocycles. The number of thiazole rings is 1. The Bertz CT molecular complexity index is 582. The number of thioether (sulfide) groups is 1. The highest BCUT2D eigenvalue weighted by atomic mass is 32.2. The van der Waals surface area contributed by atoms with E-state index in [1.54, 1.807) is 24.6 Å². The normalized spacial score (nSPS) is 10.2. The lowest BCUT2D eigenvalue weighted by Crippen LogP contribution is -2.18. The Morgan fingerprint density at radius 2 is 2.10 bits per heavy atom. The van der Waals surface area contributed by atoms with Gasteiger partial charge in [-0.3, -0.25) is 9.59 Å². The summed E-state index contributed by atoms with van der Waals surface area (Å²) >= 11 is 2.56. The van der Waals surface area contributed by atoms with Crippen molar-refractivity contribution < 1.29 is 14.1 Å². The number of anilines is 2. The molecule has 0 unspecified atom stereocenters. The number of nitrogens with zero attached hydrogens (tertiary/aromatic N) is 2. The third kappa shape index (κ3) is 4.67. The minimum Gasteiger partial charge on any atom is -0.360 e. The first kappa shape index (κ1) is 14.5. The van der Waals surface area contributed by atoms with Gasteiger partial charge in [0.2, 0.25) is 11.8 Å². The van der Waals surface area contributed by atoms with Gasteiger partial charge in [-0.05, 0) is 6.92 Å². The monoisotopic (exact) mass is 312 g/mol. The highest BCUT2D eigenvalue weighted by Gasteiger charge is 2.09. The summed E-state index contributed by atoms with van der Waals surface area (Å²) in [6.45, 7) is 1.74. The molecule has 0 aliphatic carbocycles. The molecule has 106 valence electrons. The molecule has 0 spiro atoms. The molecule has 0 bridgehead atoms. The Morgan fingerprint density at radius 1 is 1.35 bits per heavy atom. The summed E-state index contributed by atoms with van der Waals surface area (Å²) < 4.78 is 4.83. The summed E-state index contributed by atoms with van der Waals surface area (Å²) in [6, 6.07) is 1.62. The van der Waals surface area contributed by atoms with E-state index >= 15 is 0 Å². The number of hydrogen-bond donors (Lipinski definition) is 2. The zero-order chi connectivity index (χ0) is 14.4. The average Bonchev–Trinajstić information content (AvgIpc) is 3.01. The Balaban J connectivity index is 1.65. The zero-order valence-corrected chi connectivity index (χ0v) is 12.2. The first-order valence-corrected chi connectivity index (χ1v) is 7.67. The topological polar surface area (TPSA) is 97.1 Å². The summed E-state index contributed by atoms with van der Waals surface area (Å²) in [5.41, 5.74) is 0. The Morgan fingerprint density at radius 3 is 2.70 bits per heavy atom. The quantitative estimate of drug-likeness (QED) is 0.843. The number of hydrogen-bond acceptors (Lipinski definition) is 7. The molecule has 9 heteroatoms. The minimum absolute atomic E-state index is 0.164. The molecule has 0 aliphatic heterocycles. The fourth-order valence-corrected chi connectivity index (χ4v) is 2.44. The molecular weight excluding hydrogens is 300 g/mol. The van der Waals surface area contributed by atoms with Crippen LogP contribution in [0.2, 0.25) is 0 Å². The largest absolute Gasteiger partial charge is 0.360 e. The Labute approximate surface area is 123 Å². The van der Waals surface area contributed by atoms with E-state index in [-0.39, 0.29) is 23.3 Å². The summed E-state index contributed by atoms with van der Waals surface area (Å²) in [7, 11) is 0. The second-order valence-corrected chi connectivity index (χ2v) is 5.63. The van der Waals surface area contributed by atoms with E-state index in [0.717, 1.165) is 0 Å². The molecule has 2 N–H and O–H groups in total. The van der Waals surface area contributed by atoms with Gasteiger partial charge in [0.15, 0.2) is 10.9 Å². The van der Waals surface area contributed by atoms with E-state index in [4.69, 9.17) is 4.52 Å². The number of carbonyl (C=O) groups excluding carboxylic acids is 2. The highest BCUT2D eigenvalue weighted by Crippen LogP contribution is 2.12. The summed E-state index contributed by atoms with van der Waals surface area (Å²) in [6.07, 6.45) is 1.61. The van der Waals surface area contributed by atoms with Gasteiger partial charge in [-0.25, -0.2) is 4.98 Å². The first-order valence-electron chi connectivity index (χ1n) is 5.64. The molecular formula is C11H12N4O3S2.